The summed E-state index contributed by atoms with van der Waals surface area (Å²) in [5.41, 5.74) is 3.99. The molecule has 1 unspecified atom stereocenters. The number of rotatable bonds is 5. The summed E-state index contributed by atoms with van der Waals surface area (Å²) in [6.45, 7) is 14.5. The van der Waals surface area contributed by atoms with Crippen molar-refractivity contribution in [2.45, 2.75) is 32.4 Å². The topological polar surface area (TPSA) is 0 Å². The fourth-order valence-corrected chi connectivity index (χ4v) is 2.44. The molecule has 0 spiro atoms. The third-order valence-corrected chi connectivity index (χ3v) is 3.72. The number of thioether (sulfide) groups is 1. The molecule has 1 aromatic rings. The second kappa shape index (κ2) is 5.95. The van der Waals surface area contributed by atoms with Crippen molar-refractivity contribution < 1.29 is 0 Å². The smallest absolute Gasteiger partial charge is 0.0272 e. The normalized spacial score (nSPS) is 12.2. The summed E-state index contributed by atoms with van der Waals surface area (Å²) < 4.78 is 0. The molecular formula is C15H20S. The molecule has 1 heteroatoms. The summed E-state index contributed by atoms with van der Waals surface area (Å²) in [6.07, 6.45) is 0.966. The fraction of sp³-hybridized carbons (Fsp3) is 0.333. The second-order valence-electron chi connectivity index (χ2n) is 4.22. The number of hydrogen-bond acceptors (Lipinski definition) is 1. The van der Waals surface area contributed by atoms with E-state index in [1.54, 1.807) is 11.8 Å². The average molecular weight is 232 g/mol. The predicted molar refractivity (Wildman–Crippen MR) is 75.9 cm³/mol. The zero-order chi connectivity index (χ0) is 12.1. The highest BCUT2D eigenvalue weighted by atomic mass is 32.2. The van der Waals surface area contributed by atoms with Crippen LogP contribution in [0.5, 0.6) is 0 Å². The van der Waals surface area contributed by atoms with Crippen molar-refractivity contribution in [3.63, 3.8) is 0 Å². The van der Waals surface area contributed by atoms with Gasteiger partial charge in [-0.15, -0.1) is 11.8 Å². The van der Waals surface area contributed by atoms with Gasteiger partial charge in [0, 0.05) is 5.25 Å². The zero-order valence-electron chi connectivity index (χ0n) is 10.4. The van der Waals surface area contributed by atoms with Crippen molar-refractivity contribution in [1.82, 2.24) is 0 Å². The van der Waals surface area contributed by atoms with E-state index < -0.39 is 0 Å². The lowest BCUT2D eigenvalue weighted by atomic mass is 10.0. The maximum atomic E-state index is 4.18. The maximum absolute atomic E-state index is 4.18. The second-order valence-corrected chi connectivity index (χ2v) is 5.86. The van der Waals surface area contributed by atoms with Gasteiger partial charge < -0.3 is 0 Å². The number of allylic oxidation sites excluding steroid dienone is 1. The van der Waals surface area contributed by atoms with Crippen LogP contribution in [0.1, 0.15) is 25.0 Å². The maximum Gasteiger partial charge on any atom is 0.0272 e. The first kappa shape index (κ1) is 13.1. The van der Waals surface area contributed by atoms with Crippen LogP contribution >= 0.6 is 11.8 Å². The molecule has 0 aromatic heterocycles. The van der Waals surface area contributed by atoms with Crippen molar-refractivity contribution in [3.05, 3.63) is 59.0 Å². The molecule has 16 heavy (non-hydrogen) atoms. The number of hydrogen-bond donors (Lipinski definition) is 0. The van der Waals surface area contributed by atoms with Crippen LogP contribution in [0, 0.1) is 6.92 Å². The quantitative estimate of drug-likeness (QED) is 0.660. The molecular weight excluding hydrogens is 212 g/mol. The van der Waals surface area contributed by atoms with E-state index in [0.29, 0.717) is 5.25 Å². The molecule has 0 nitrogen and oxygen atoms in total. The van der Waals surface area contributed by atoms with Crippen LogP contribution in [0.2, 0.25) is 0 Å². The Morgan fingerprint density at radius 2 is 1.94 bits per heavy atom. The van der Waals surface area contributed by atoms with E-state index in [1.807, 2.05) is 6.92 Å². The zero-order valence-corrected chi connectivity index (χ0v) is 11.2. The highest BCUT2D eigenvalue weighted by Gasteiger charge is 2.09. The molecule has 0 radical (unpaired) electrons. The third-order valence-electron chi connectivity index (χ3n) is 2.63. The minimum absolute atomic E-state index is 0.442. The average Bonchev–Trinajstić information content (AvgIpc) is 2.20. The molecule has 0 aliphatic carbocycles. The summed E-state index contributed by atoms with van der Waals surface area (Å²) in [7, 11) is 0. The molecule has 1 aromatic carbocycles. The van der Waals surface area contributed by atoms with Crippen LogP contribution in [-0.2, 0) is 6.42 Å². The summed E-state index contributed by atoms with van der Waals surface area (Å²) >= 11 is 1.79. The third kappa shape index (κ3) is 3.90. The molecule has 0 N–H and O–H groups in total. The van der Waals surface area contributed by atoms with Crippen LogP contribution in [-0.4, -0.2) is 5.25 Å². The van der Waals surface area contributed by atoms with Gasteiger partial charge in [0.1, 0.15) is 0 Å². The first-order valence-corrected chi connectivity index (χ1v) is 6.43. The Labute approximate surface area is 103 Å². The molecule has 86 valence electrons. The van der Waals surface area contributed by atoms with Gasteiger partial charge in [-0.25, -0.2) is 0 Å². The largest absolute Gasteiger partial charge is 0.124 e. The van der Waals surface area contributed by atoms with Crippen LogP contribution in [0.25, 0.3) is 0 Å². The molecule has 0 heterocycles. The molecule has 1 atom stereocenters. The standard InChI is InChI=1S/C15H20S/c1-11(2)16-14(5)13(4)10-15-9-7-6-8-12(15)3/h6-9,14H,1,4,10H2,2-3,5H3. The number of benzene rings is 1. The van der Waals surface area contributed by atoms with Gasteiger partial charge in [-0.3, -0.25) is 0 Å². The number of aryl methyl sites for hydroxylation is 1. The van der Waals surface area contributed by atoms with Gasteiger partial charge in [0.05, 0.1) is 0 Å². The Kier molecular flexibility index (Phi) is 4.88. The molecule has 0 fully saturated rings. The summed E-state index contributed by atoms with van der Waals surface area (Å²) in [5.74, 6) is 0. The van der Waals surface area contributed by atoms with Gasteiger partial charge in [-0.05, 0) is 43.2 Å². The lowest BCUT2D eigenvalue weighted by Gasteiger charge is -2.15. The van der Waals surface area contributed by atoms with E-state index >= 15 is 0 Å². The fourth-order valence-electron chi connectivity index (χ4n) is 1.58. The van der Waals surface area contributed by atoms with Crippen LogP contribution in [0.15, 0.2) is 47.9 Å². The van der Waals surface area contributed by atoms with Crippen LogP contribution in [0.3, 0.4) is 0 Å². The van der Waals surface area contributed by atoms with Crippen molar-refractivity contribution >= 4 is 11.8 Å². The van der Waals surface area contributed by atoms with Crippen molar-refractivity contribution in [1.29, 1.82) is 0 Å². The van der Waals surface area contributed by atoms with Gasteiger partial charge in [0.25, 0.3) is 0 Å². The highest BCUT2D eigenvalue weighted by Crippen LogP contribution is 2.26. The summed E-state index contributed by atoms with van der Waals surface area (Å²) in [5, 5.41) is 0.442. The Bertz CT molecular complexity index is 390. The Hall–Kier alpha value is -0.950. The van der Waals surface area contributed by atoms with Crippen molar-refractivity contribution in [2.75, 3.05) is 0 Å². The van der Waals surface area contributed by atoms with Gasteiger partial charge in [-0.2, -0.15) is 0 Å². The first-order valence-electron chi connectivity index (χ1n) is 5.55. The minimum atomic E-state index is 0.442. The van der Waals surface area contributed by atoms with E-state index in [4.69, 9.17) is 0 Å². The summed E-state index contributed by atoms with van der Waals surface area (Å²) in [6, 6.07) is 8.50. The van der Waals surface area contributed by atoms with E-state index in [1.165, 1.54) is 16.7 Å². The van der Waals surface area contributed by atoms with E-state index in [0.717, 1.165) is 11.3 Å². The molecule has 0 aliphatic rings. The minimum Gasteiger partial charge on any atom is -0.124 e. The molecule has 0 amide bonds. The Balaban J connectivity index is 2.64. The molecule has 0 saturated carbocycles. The lowest BCUT2D eigenvalue weighted by molar-refractivity contribution is 1.02. The van der Waals surface area contributed by atoms with E-state index in [-0.39, 0.29) is 0 Å². The first-order chi connectivity index (χ1) is 7.50. The lowest BCUT2D eigenvalue weighted by Crippen LogP contribution is -2.04. The highest BCUT2D eigenvalue weighted by molar-refractivity contribution is 8.03. The monoisotopic (exact) mass is 232 g/mol. The SMILES string of the molecule is C=C(C)SC(C)C(=C)Cc1ccccc1C. The van der Waals surface area contributed by atoms with Gasteiger partial charge in [0.2, 0.25) is 0 Å². The van der Waals surface area contributed by atoms with Gasteiger partial charge in [-0.1, -0.05) is 43.0 Å². The molecule has 0 bridgehead atoms. The Morgan fingerprint density at radius 1 is 1.31 bits per heavy atom. The van der Waals surface area contributed by atoms with Gasteiger partial charge in [0.15, 0.2) is 0 Å². The molecule has 0 saturated heterocycles. The Morgan fingerprint density at radius 3 is 2.50 bits per heavy atom. The predicted octanol–water partition coefficient (Wildman–Crippen LogP) is 4.75. The van der Waals surface area contributed by atoms with E-state index in [2.05, 4.69) is 51.3 Å². The molecule has 1 rings (SSSR count). The van der Waals surface area contributed by atoms with Crippen molar-refractivity contribution in [2.24, 2.45) is 0 Å². The van der Waals surface area contributed by atoms with Crippen LogP contribution < -0.4 is 0 Å². The summed E-state index contributed by atoms with van der Waals surface area (Å²) in [4.78, 5) is 1.15. The van der Waals surface area contributed by atoms with E-state index in [9.17, 15) is 0 Å². The van der Waals surface area contributed by atoms with Crippen LogP contribution in [0.4, 0.5) is 0 Å². The molecule has 0 aliphatic heterocycles. The van der Waals surface area contributed by atoms with Gasteiger partial charge >= 0.3 is 0 Å². The van der Waals surface area contributed by atoms with Crippen molar-refractivity contribution in [3.8, 4) is 0 Å².